The number of para-hydroxylation sites is 3. The van der Waals surface area contributed by atoms with Gasteiger partial charge in [0.2, 0.25) is 0 Å². The molecule has 0 unspecified atom stereocenters. The molecular weight excluding hydrogens is 755 g/mol. The number of rotatable bonds is 7. The highest BCUT2D eigenvalue weighted by molar-refractivity contribution is 6.11. The Balaban J connectivity index is 0.908. The van der Waals surface area contributed by atoms with E-state index in [1.54, 1.807) is 0 Å². The molecule has 0 N–H and O–H groups in total. The lowest BCUT2D eigenvalue weighted by molar-refractivity contribution is 1.07. The third-order valence-electron chi connectivity index (χ3n) is 12.0. The first kappa shape index (κ1) is 35.5. The summed E-state index contributed by atoms with van der Waals surface area (Å²) >= 11 is 0. The summed E-state index contributed by atoms with van der Waals surface area (Å²) in [6.45, 7) is 0. The summed E-state index contributed by atoms with van der Waals surface area (Å²) < 4.78 is 4.73. The molecule has 0 aliphatic rings. The minimum atomic E-state index is 0.635. The zero-order chi connectivity index (χ0) is 41.0. The summed E-state index contributed by atoms with van der Waals surface area (Å²) in [5.41, 5.74) is 14.5. The Morgan fingerprint density at radius 3 is 1.18 bits per heavy atom. The maximum absolute atomic E-state index is 4.97. The van der Waals surface area contributed by atoms with Crippen molar-refractivity contribution in [2.75, 3.05) is 0 Å². The highest BCUT2D eigenvalue weighted by atomic mass is 15.0. The maximum Gasteiger partial charge on any atom is 0.164 e. The zero-order valence-corrected chi connectivity index (χ0v) is 33.6. The van der Waals surface area contributed by atoms with Crippen LogP contribution in [0.25, 0.3) is 111 Å². The van der Waals surface area contributed by atoms with E-state index in [1.807, 2.05) is 60.7 Å². The van der Waals surface area contributed by atoms with Crippen molar-refractivity contribution in [3.63, 3.8) is 0 Å². The SMILES string of the molecule is c1ccc(-c2nc(-c3ccccc3)nc(-c3ccc(-n4c5ccccc5c5ccc(-c6ccc(-c7ccc8c(c7)c7ccccc7n8-c7ccccc7)cc6)cc54)cc3)n2)cc1. The van der Waals surface area contributed by atoms with Crippen LogP contribution in [0.5, 0.6) is 0 Å². The highest BCUT2D eigenvalue weighted by Crippen LogP contribution is 2.38. The first-order valence-corrected chi connectivity index (χ1v) is 20.9. The van der Waals surface area contributed by atoms with E-state index in [2.05, 4.69) is 173 Å². The largest absolute Gasteiger partial charge is 0.309 e. The van der Waals surface area contributed by atoms with Crippen LogP contribution in [-0.2, 0) is 0 Å². The third kappa shape index (κ3) is 6.06. The van der Waals surface area contributed by atoms with Gasteiger partial charge in [0.1, 0.15) is 0 Å². The van der Waals surface area contributed by atoms with E-state index in [4.69, 9.17) is 15.0 Å². The van der Waals surface area contributed by atoms with Gasteiger partial charge in [-0.1, -0.05) is 158 Å². The second kappa shape index (κ2) is 14.7. The summed E-state index contributed by atoms with van der Waals surface area (Å²) in [5, 5.41) is 4.93. The van der Waals surface area contributed by atoms with Crippen molar-refractivity contribution in [2.24, 2.45) is 0 Å². The molecule has 290 valence electrons. The van der Waals surface area contributed by atoms with E-state index >= 15 is 0 Å². The maximum atomic E-state index is 4.97. The van der Waals surface area contributed by atoms with Gasteiger partial charge in [-0.15, -0.1) is 0 Å². The Morgan fingerprint density at radius 1 is 0.226 bits per heavy atom. The van der Waals surface area contributed by atoms with Gasteiger partial charge in [0.25, 0.3) is 0 Å². The van der Waals surface area contributed by atoms with Crippen LogP contribution in [-0.4, -0.2) is 24.1 Å². The van der Waals surface area contributed by atoms with Crippen LogP contribution in [0.3, 0.4) is 0 Å². The molecular formula is C57H37N5. The topological polar surface area (TPSA) is 48.5 Å². The Morgan fingerprint density at radius 2 is 0.597 bits per heavy atom. The normalized spacial score (nSPS) is 11.5. The lowest BCUT2D eigenvalue weighted by Gasteiger charge is -2.11. The van der Waals surface area contributed by atoms with Crippen molar-refractivity contribution in [1.82, 2.24) is 24.1 Å². The standard InChI is InChI=1S/C57H37N5/c1-4-14-40(15-5-1)55-58-56(41-16-6-2-7-17-41)60-57(59-55)42-28-32-46(33-29-42)62-51-22-12-10-20-47(51)49-34-30-44(37-54(49)62)39-26-24-38(25-27-39)43-31-35-53-50(36-43)48-21-11-13-23-52(48)61(53)45-18-8-3-9-19-45/h1-37H. The summed E-state index contributed by atoms with van der Waals surface area (Å²) in [7, 11) is 0. The predicted molar refractivity (Wildman–Crippen MR) is 256 cm³/mol. The lowest BCUT2D eigenvalue weighted by Crippen LogP contribution is -2.00. The number of aromatic nitrogens is 5. The van der Waals surface area contributed by atoms with Gasteiger partial charge < -0.3 is 9.13 Å². The molecule has 5 nitrogen and oxygen atoms in total. The number of fused-ring (bicyclic) bond motifs is 6. The Bertz CT molecular complexity index is 3530. The molecule has 3 heterocycles. The number of hydrogen-bond donors (Lipinski definition) is 0. The van der Waals surface area contributed by atoms with Gasteiger partial charge >= 0.3 is 0 Å². The molecule has 62 heavy (non-hydrogen) atoms. The quantitative estimate of drug-likeness (QED) is 0.162. The first-order chi connectivity index (χ1) is 30.7. The van der Waals surface area contributed by atoms with E-state index < -0.39 is 0 Å². The number of hydrogen-bond acceptors (Lipinski definition) is 3. The van der Waals surface area contributed by atoms with Crippen molar-refractivity contribution in [3.8, 4) is 67.8 Å². The Labute approximate surface area is 358 Å². The van der Waals surface area contributed by atoms with E-state index in [9.17, 15) is 0 Å². The lowest BCUT2D eigenvalue weighted by atomic mass is 9.98. The summed E-state index contributed by atoms with van der Waals surface area (Å²) in [5.74, 6) is 1.93. The fraction of sp³-hybridized carbons (Fsp3) is 0. The van der Waals surface area contributed by atoms with E-state index in [1.165, 1.54) is 55.0 Å². The molecule has 9 aromatic carbocycles. The zero-order valence-electron chi connectivity index (χ0n) is 33.6. The van der Waals surface area contributed by atoms with Crippen LogP contribution >= 0.6 is 0 Å². The summed E-state index contributed by atoms with van der Waals surface area (Å²) in [4.78, 5) is 14.8. The molecule has 12 aromatic rings. The fourth-order valence-corrected chi connectivity index (χ4v) is 8.99. The van der Waals surface area contributed by atoms with E-state index in [0.29, 0.717) is 17.5 Å². The number of benzene rings is 9. The van der Waals surface area contributed by atoms with Gasteiger partial charge in [-0.25, -0.2) is 15.0 Å². The summed E-state index contributed by atoms with van der Waals surface area (Å²) in [6, 6.07) is 79.4. The second-order valence-electron chi connectivity index (χ2n) is 15.7. The van der Waals surface area contributed by atoms with Crippen LogP contribution in [0.4, 0.5) is 0 Å². The second-order valence-corrected chi connectivity index (χ2v) is 15.7. The van der Waals surface area contributed by atoms with Crippen LogP contribution < -0.4 is 0 Å². The number of nitrogens with zero attached hydrogens (tertiary/aromatic N) is 5. The van der Waals surface area contributed by atoms with Crippen molar-refractivity contribution in [3.05, 3.63) is 224 Å². The average Bonchev–Trinajstić information content (AvgIpc) is 3.87. The van der Waals surface area contributed by atoms with Crippen molar-refractivity contribution in [1.29, 1.82) is 0 Å². The Kier molecular flexibility index (Phi) is 8.42. The highest BCUT2D eigenvalue weighted by Gasteiger charge is 2.17. The minimum Gasteiger partial charge on any atom is -0.309 e. The third-order valence-corrected chi connectivity index (χ3v) is 12.0. The fourth-order valence-electron chi connectivity index (χ4n) is 8.99. The first-order valence-electron chi connectivity index (χ1n) is 20.9. The van der Waals surface area contributed by atoms with Gasteiger partial charge in [0.15, 0.2) is 17.5 Å². The summed E-state index contributed by atoms with van der Waals surface area (Å²) in [6.07, 6.45) is 0. The molecule has 12 rings (SSSR count). The molecule has 0 bridgehead atoms. The molecule has 0 amide bonds. The molecule has 5 heteroatoms. The van der Waals surface area contributed by atoms with Gasteiger partial charge in [0.05, 0.1) is 22.1 Å². The molecule has 0 spiro atoms. The molecule has 0 saturated heterocycles. The van der Waals surface area contributed by atoms with Gasteiger partial charge in [-0.05, 0) is 89.0 Å². The molecule has 0 fully saturated rings. The monoisotopic (exact) mass is 791 g/mol. The average molecular weight is 792 g/mol. The molecule has 0 aliphatic carbocycles. The van der Waals surface area contributed by atoms with E-state index in [0.717, 1.165) is 39.0 Å². The molecule has 0 atom stereocenters. The van der Waals surface area contributed by atoms with Crippen molar-refractivity contribution < 1.29 is 0 Å². The van der Waals surface area contributed by atoms with Gasteiger partial charge in [0, 0.05) is 49.6 Å². The van der Waals surface area contributed by atoms with Gasteiger partial charge in [-0.3, -0.25) is 0 Å². The van der Waals surface area contributed by atoms with Crippen LogP contribution in [0, 0.1) is 0 Å². The van der Waals surface area contributed by atoms with E-state index in [-0.39, 0.29) is 0 Å². The van der Waals surface area contributed by atoms with Crippen LogP contribution in [0.1, 0.15) is 0 Å². The Hall–Kier alpha value is -8.41. The smallest absolute Gasteiger partial charge is 0.164 e. The predicted octanol–water partition coefficient (Wildman–Crippen LogP) is 14.4. The minimum absolute atomic E-state index is 0.635. The van der Waals surface area contributed by atoms with Crippen molar-refractivity contribution >= 4 is 43.6 Å². The van der Waals surface area contributed by atoms with Crippen LogP contribution in [0.2, 0.25) is 0 Å². The molecule has 0 saturated carbocycles. The molecule has 0 radical (unpaired) electrons. The van der Waals surface area contributed by atoms with Crippen LogP contribution in [0.15, 0.2) is 224 Å². The van der Waals surface area contributed by atoms with Crippen molar-refractivity contribution in [2.45, 2.75) is 0 Å². The molecule has 3 aromatic heterocycles. The molecule has 0 aliphatic heterocycles. The van der Waals surface area contributed by atoms with Gasteiger partial charge in [-0.2, -0.15) is 0 Å².